The van der Waals surface area contributed by atoms with Crippen molar-refractivity contribution < 1.29 is 0 Å². The summed E-state index contributed by atoms with van der Waals surface area (Å²) in [7, 11) is 4.37. The fraction of sp³-hybridized carbons (Fsp3) is 0.625. The van der Waals surface area contributed by atoms with Crippen molar-refractivity contribution in [2.24, 2.45) is 5.73 Å². The van der Waals surface area contributed by atoms with Gasteiger partial charge >= 0.3 is 0 Å². The number of nitrogens with zero attached hydrogens (tertiary/aromatic N) is 3. The van der Waals surface area contributed by atoms with Gasteiger partial charge in [-0.2, -0.15) is 0 Å². The van der Waals surface area contributed by atoms with Gasteiger partial charge in [0.25, 0.3) is 0 Å². The Kier molecular flexibility index (Phi) is 3.96. The van der Waals surface area contributed by atoms with Crippen molar-refractivity contribution in [2.45, 2.75) is 12.5 Å². The molecule has 0 aromatic heterocycles. The van der Waals surface area contributed by atoms with Crippen LogP contribution in [-0.2, 0) is 6.42 Å². The van der Waals surface area contributed by atoms with Gasteiger partial charge in [-0.3, -0.25) is 4.90 Å². The van der Waals surface area contributed by atoms with E-state index in [1.54, 1.807) is 0 Å². The molecule has 0 aliphatic carbocycles. The second-order valence-electron chi connectivity index (χ2n) is 6.15. The van der Waals surface area contributed by atoms with Gasteiger partial charge in [0, 0.05) is 58.0 Å². The van der Waals surface area contributed by atoms with Gasteiger partial charge in [0.1, 0.15) is 0 Å². The van der Waals surface area contributed by atoms with E-state index in [0.717, 1.165) is 32.7 Å². The van der Waals surface area contributed by atoms with Gasteiger partial charge in [-0.1, -0.05) is 12.1 Å². The molecule has 4 nitrogen and oxygen atoms in total. The first-order valence-electron chi connectivity index (χ1n) is 7.65. The van der Waals surface area contributed by atoms with E-state index in [0.29, 0.717) is 12.6 Å². The van der Waals surface area contributed by atoms with Crippen molar-refractivity contribution in [3.8, 4) is 0 Å². The SMILES string of the molecule is CN1CCN([C@H](CN)c2ccc3c(c2)CCN3C)CC1. The lowest BCUT2D eigenvalue weighted by molar-refractivity contribution is 0.114. The van der Waals surface area contributed by atoms with Gasteiger partial charge in [0.15, 0.2) is 0 Å². The Balaban J connectivity index is 1.79. The van der Waals surface area contributed by atoms with Crippen LogP contribution in [0.15, 0.2) is 18.2 Å². The molecular weight excluding hydrogens is 248 g/mol. The number of benzene rings is 1. The molecule has 1 aromatic carbocycles. The maximum absolute atomic E-state index is 6.08. The van der Waals surface area contributed by atoms with E-state index in [9.17, 15) is 0 Å². The van der Waals surface area contributed by atoms with Gasteiger partial charge in [-0.15, -0.1) is 0 Å². The minimum absolute atomic E-state index is 0.375. The van der Waals surface area contributed by atoms with Crippen molar-refractivity contribution in [3.05, 3.63) is 29.3 Å². The van der Waals surface area contributed by atoms with Crippen LogP contribution < -0.4 is 10.6 Å². The van der Waals surface area contributed by atoms with Gasteiger partial charge in [-0.25, -0.2) is 0 Å². The van der Waals surface area contributed by atoms with Crippen molar-refractivity contribution in [2.75, 3.05) is 58.3 Å². The zero-order valence-corrected chi connectivity index (χ0v) is 12.7. The molecule has 0 saturated carbocycles. The topological polar surface area (TPSA) is 35.7 Å². The minimum Gasteiger partial charge on any atom is -0.374 e. The highest BCUT2D eigenvalue weighted by atomic mass is 15.3. The van der Waals surface area contributed by atoms with Crippen LogP contribution in [0.2, 0.25) is 0 Å². The van der Waals surface area contributed by atoms with Crippen molar-refractivity contribution in [1.82, 2.24) is 9.80 Å². The average molecular weight is 274 g/mol. The van der Waals surface area contributed by atoms with E-state index in [1.807, 2.05) is 0 Å². The smallest absolute Gasteiger partial charge is 0.0471 e. The Bertz CT molecular complexity index is 466. The number of fused-ring (bicyclic) bond motifs is 1. The first-order valence-corrected chi connectivity index (χ1v) is 7.65. The van der Waals surface area contributed by atoms with Crippen LogP contribution in [0.4, 0.5) is 5.69 Å². The number of rotatable bonds is 3. The third-order valence-electron chi connectivity index (χ3n) is 4.82. The number of anilines is 1. The molecule has 1 aromatic rings. The molecule has 1 atom stereocenters. The van der Waals surface area contributed by atoms with E-state index in [4.69, 9.17) is 5.73 Å². The summed E-state index contributed by atoms with van der Waals surface area (Å²) in [5.74, 6) is 0. The van der Waals surface area contributed by atoms with Gasteiger partial charge in [0.2, 0.25) is 0 Å². The van der Waals surface area contributed by atoms with Crippen molar-refractivity contribution >= 4 is 5.69 Å². The zero-order valence-electron chi connectivity index (χ0n) is 12.7. The highest BCUT2D eigenvalue weighted by molar-refractivity contribution is 5.58. The van der Waals surface area contributed by atoms with Crippen LogP contribution >= 0.6 is 0 Å². The lowest BCUT2D eigenvalue weighted by Crippen LogP contribution is -2.47. The minimum atomic E-state index is 0.375. The molecule has 2 aliphatic rings. The van der Waals surface area contributed by atoms with Gasteiger partial charge < -0.3 is 15.5 Å². The van der Waals surface area contributed by atoms with E-state index in [2.05, 4.69) is 47.0 Å². The summed E-state index contributed by atoms with van der Waals surface area (Å²) in [5, 5.41) is 0. The maximum atomic E-state index is 6.08. The molecule has 2 heterocycles. The quantitative estimate of drug-likeness (QED) is 0.889. The predicted molar refractivity (Wildman–Crippen MR) is 84.3 cm³/mol. The lowest BCUT2D eigenvalue weighted by Gasteiger charge is -2.37. The van der Waals surface area contributed by atoms with Gasteiger partial charge in [0.05, 0.1) is 0 Å². The fourth-order valence-electron chi connectivity index (χ4n) is 3.42. The highest BCUT2D eigenvalue weighted by Gasteiger charge is 2.24. The second-order valence-corrected chi connectivity index (χ2v) is 6.15. The van der Waals surface area contributed by atoms with Crippen LogP contribution in [0, 0.1) is 0 Å². The second kappa shape index (κ2) is 5.72. The lowest BCUT2D eigenvalue weighted by atomic mass is 10.0. The summed E-state index contributed by atoms with van der Waals surface area (Å²) >= 11 is 0. The molecule has 0 spiro atoms. The normalized spacial score (nSPS) is 22.1. The number of hydrogen-bond donors (Lipinski definition) is 1. The Morgan fingerprint density at radius 1 is 1.10 bits per heavy atom. The third kappa shape index (κ3) is 2.55. The summed E-state index contributed by atoms with van der Waals surface area (Å²) in [4.78, 5) is 7.27. The summed E-state index contributed by atoms with van der Waals surface area (Å²) in [6.45, 7) is 6.37. The van der Waals surface area contributed by atoms with Crippen LogP contribution in [0.25, 0.3) is 0 Å². The van der Waals surface area contributed by atoms with Gasteiger partial charge in [-0.05, 0) is 30.7 Å². The average Bonchev–Trinajstić information content (AvgIpc) is 2.83. The van der Waals surface area contributed by atoms with Crippen molar-refractivity contribution in [1.29, 1.82) is 0 Å². The van der Waals surface area contributed by atoms with E-state index >= 15 is 0 Å². The molecule has 0 unspecified atom stereocenters. The molecule has 20 heavy (non-hydrogen) atoms. The monoisotopic (exact) mass is 274 g/mol. The Labute approximate surface area is 122 Å². The van der Waals surface area contributed by atoms with E-state index in [-0.39, 0.29) is 0 Å². The number of hydrogen-bond acceptors (Lipinski definition) is 4. The van der Waals surface area contributed by atoms with E-state index in [1.165, 1.54) is 23.2 Å². The number of likely N-dealkylation sites (N-methyl/N-ethyl adjacent to an activating group) is 2. The van der Waals surface area contributed by atoms with Crippen molar-refractivity contribution in [3.63, 3.8) is 0 Å². The van der Waals surface area contributed by atoms with E-state index < -0.39 is 0 Å². The molecule has 1 fully saturated rings. The molecule has 2 N–H and O–H groups in total. The first-order chi connectivity index (χ1) is 9.69. The van der Waals surface area contributed by atoms with Crippen LogP contribution in [-0.4, -0.2) is 63.2 Å². The van der Waals surface area contributed by atoms with Crippen LogP contribution in [0.1, 0.15) is 17.2 Å². The van der Waals surface area contributed by atoms with Crippen LogP contribution in [0.5, 0.6) is 0 Å². The number of nitrogens with two attached hydrogens (primary N) is 1. The summed E-state index contributed by atoms with van der Waals surface area (Å²) in [6.07, 6.45) is 1.17. The molecule has 1 saturated heterocycles. The predicted octanol–water partition coefficient (Wildman–Crippen LogP) is 0.926. The molecule has 3 rings (SSSR count). The summed E-state index contributed by atoms with van der Waals surface area (Å²) in [5.41, 5.74) is 10.3. The largest absolute Gasteiger partial charge is 0.374 e. The Morgan fingerprint density at radius 3 is 2.55 bits per heavy atom. The van der Waals surface area contributed by atoms with Crippen LogP contribution in [0.3, 0.4) is 0 Å². The molecule has 0 amide bonds. The summed E-state index contributed by atoms with van der Waals surface area (Å²) < 4.78 is 0. The molecule has 0 radical (unpaired) electrons. The molecule has 0 bridgehead atoms. The molecule has 4 heteroatoms. The highest BCUT2D eigenvalue weighted by Crippen LogP contribution is 2.31. The Hall–Kier alpha value is -1.10. The number of piperazine rings is 1. The first kappa shape index (κ1) is 13.9. The third-order valence-corrected chi connectivity index (χ3v) is 4.82. The fourth-order valence-corrected chi connectivity index (χ4v) is 3.42. The standard InChI is InChI=1S/C16H26N4/c1-18-7-9-20(10-8-18)16(12-17)13-3-4-15-14(11-13)5-6-19(15)2/h3-4,11,16H,5-10,12,17H2,1-2H3/t16-/m1/s1. The Morgan fingerprint density at radius 2 is 1.85 bits per heavy atom. The zero-order chi connectivity index (χ0) is 14.1. The molecule has 2 aliphatic heterocycles. The maximum Gasteiger partial charge on any atom is 0.0471 e. The molecular formula is C16H26N4. The molecule has 110 valence electrons. The summed E-state index contributed by atoms with van der Waals surface area (Å²) in [6, 6.07) is 7.31.